The van der Waals surface area contributed by atoms with Crippen LogP contribution in [0.15, 0.2) is 30.5 Å². The molecule has 2 rings (SSSR count). The van der Waals surface area contributed by atoms with Crippen LogP contribution in [0.1, 0.15) is 23.2 Å². The molecule has 0 aliphatic carbocycles. The second kappa shape index (κ2) is 8.59. The quantitative estimate of drug-likeness (QED) is 0.667. The fourth-order valence-electron chi connectivity index (χ4n) is 2.67. The molecule has 0 saturated carbocycles. The molecule has 2 aromatic rings. The first-order valence-corrected chi connectivity index (χ1v) is 8.20. The maximum atomic E-state index is 12.6. The summed E-state index contributed by atoms with van der Waals surface area (Å²) in [5.74, 6) is -0.0641. The van der Waals surface area contributed by atoms with Gasteiger partial charge in [0.25, 0.3) is 0 Å². The van der Waals surface area contributed by atoms with Gasteiger partial charge in [-0.3, -0.25) is 9.36 Å². The van der Waals surface area contributed by atoms with Gasteiger partial charge in [0.15, 0.2) is 6.61 Å². The number of carbonyl (C=O) groups is 1. The molecule has 136 valence electrons. The van der Waals surface area contributed by atoms with E-state index < -0.39 is 11.1 Å². The molecule has 1 aromatic carbocycles. The molecule has 25 heavy (non-hydrogen) atoms. The molecular weight excluding hydrogens is 324 g/mol. The molecule has 0 aliphatic rings. The number of likely N-dealkylation sites (N-methyl/N-ethyl adjacent to an activating group) is 1. The van der Waals surface area contributed by atoms with Crippen LogP contribution in [0, 0.1) is 4.91 Å². The highest BCUT2D eigenvalue weighted by Gasteiger charge is 2.16. The molecular formula is C17H25N4O4+. The summed E-state index contributed by atoms with van der Waals surface area (Å²) in [5, 5.41) is 8.84. The molecule has 1 unspecified atom stereocenters. The number of aromatic nitrogens is 1. The highest BCUT2D eigenvalue weighted by atomic mass is 16.9. The van der Waals surface area contributed by atoms with E-state index in [-0.39, 0.29) is 18.9 Å². The van der Waals surface area contributed by atoms with E-state index in [1.165, 1.54) is 0 Å². The van der Waals surface area contributed by atoms with Crippen molar-refractivity contribution in [3.05, 3.63) is 40.9 Å². The first kappa shape index (κ1) is 18.9. The lowest BCUT2D eigenvalue weighted by Crippen LogP contribution is -2.29. The lowest BCUT2D eigenvalue weighted by Gasteiger charge is -2.08. The van der Waals surface area contributed by atoms with Crippen molar-refractivity contribution in [1.82, 2.24) is 9.47 Å². The lowest BCUT2D eigenvalue weighted by molar-refractivity contribution is -0.975. The molecule has 0 radical (unpaired) electrons. The molecule has 0 amide bonds. The number of nitrogens with two attached hydrogens (primary N) is 1. The van der Waals surface area contributed by atoms with E-state index in [4.69, 9.17) is 10.9 Å². The van der Waals surface area contributed by atoms with Crippen LogP contribution in [0.2, 0.25) is 0 Å². The lowest BCUT2D eigenvalue weighted by atomic mass is 10.1. The smallest absolute Gasteiger partial charge is 0.325 e. The fraction of sp³-hybridized carbons (Fsp3) is 0.471. The number of nitrogens with zero attached hydrogens (tertiary/aromatic N) is 3. The summed E-state index contributed by atoms with van der Waals surface area (Å²) in [7, 11) is 4.03. The Morgan fingerprint density at radius 1 is 1.40 bits per heavy atom. The normalized spacial score (nSPS) is 12.5. The Hall–Kier alpha value is -2.45. The van der Waals surface area contributed by atoms with Gasteiger partial charge in [-0.1, -0.05) is 18.2 Å². The second-order valence-corrected chi connectivity index (χ2v) is 6.32. The van der Waals surface area contributed by atoms with Gasteiger partial charge >= 0.3 is 5.09 Å². The predicted molar refractivity (Wildman–Crippen MR) is 93.4 cm³/mol. The van der Waals surface area contributed by atoms with Crippen LogP contribution in [0.3, 0.4) is 0 Å². The van der Waals surface area contributed by atoms with Gasteiger partial charge in [0.05, 0.1) is 5.52 Å². The van der Waals surface area contributed by atoms with Gasteiger partial charge < -0.3 is 10.6 Å². The molecule has 8 heteroatoms. The third kappa shape index (κ3) is 5.27. The van der Waals surface area contributed by atoms with Gasteiger partial charge in [0, 0.05) is 30.6 Å². The van der Waals surface area contributed by atoms with Crippen molar-refractivity contribution in [2.24, 2.45) is 5.73 Å². The Bertz CT molecular complexity index is 741. The van der Waals surface area contributed by atoms with Gasteiger partial charge in [-0.25, -0.2) is 5.21 Å². The summed E-state index contributed by atoms with van der Waals surface area (Å²) in [4.78, 5) is 29.3. The van der Waals surface area contributed by atoms with Gasteiger partial charge in [-0.05, 0) is 38.6 Å². The summed E-state index contributed by atoms with van der Waals surface area (Å²) in [5.41, 5.74) is 7.79. The minimum atomic E-state index is -0.627. The van der Waals surface area contributed by atoms with Gasteiger partial charge in [0.1, 0.15) is 4.91 Å². The zero-order chi connectivity index (χ0) is 18.4. The Kier molecular flexibility index (Phi) is 6.49. The van der Waals surface area contributed by atoms with Crippen molar-refractivity contribution in [3.63, 3.8) is 0 Å². The van der Waals surface area contributed by atoms with E-state index in [9.17, 15) is 9.70 Å². The van der Waals surface area contributed by atoms with Crippen molar-refractivity contribution < 1.29 is 19.9 Å². The van der Waals surface area contributed by atoms with Gasteiger partial charge in [0.2, 0.25) is 5.91 Å². The van der Waals surface area contributed by atoms with Gasteiger partial charge in [-0.2, -0.15) is 4.84 Å². The van der Waals surface area contributed by atoms with E-state index in [2.05, 4.69) is 9.74 Å². The summed E-state index contributed by atoms with van der Waals surface area (Å²) >= 11 is 0. The van der Waals surface area contributed by atoms with Crippen molar-refractivity contribution in [1.29, 1.82) is 0 Å². The molecule has 1 atom stereocenters. The number of carbonyl (C=O) groups excluding carboxylic acids is 1. The number of benzene rings is 1. The SMILES string of the molecule is CN(C)CCc1cn(C(=O)CCC(N)CO[N+](=O)O)c2ccccc12. The van der Waals surface area contributed by atoms with Crippen molar-refractivity contribution in [2.75, 3.05) is 27.2 Å². The Balaban J connectivity index is 2.08. The first-order valence-electron chi connectivity index (χ1n) is 8.20. The largest absolute Gasteiger partial charge is 0.475 e. The topological polar surface area (TPSA) is 101 Å². The van der Waals surface area contributed by atoms with Crippen LogP contribution in [0.25, 0.3) is 10.9 Å². The van der Waals surface area contributed by atoms with Crippen LogP contribution >= 0.6 is 0 Å². The van der Waals surface area contributed by atoms with E-state index in [1.54, 1.807) is 4.57 Å². The molecule has 0 fully saturated rings. The van der Waals surface area contributed by atoms with Crippen molar-refractivity contribution in [3.8, 4) is 0 Å². The zero-order valence-corrected chi connectivity index (χ0v) is 14.6. The molecule has 1 aromatic heterocycles. The predicted octanol–water partition coefficient (Wildman–Crippen LogP) is 1.59. The number of fused-ring (bicyclic) bond motifs is 1. The number of para-hydroxylation sites is 1. The summed E-state index contributed by atoms with van der Waals surface area (Å²) in [6, 6.07) is 7.31. The molecule has 0 bridgehead atoms. The molecule has 3 N–H and O–H groups in total. The van der Waals surface area contributed by atoms with E-state index >= 15 is 0 Å². The number of rotatable bonds is 9. The maximum absolute atomic E-state index is 12.6. The van der Waals surface area contributed by atoms with E-state index in [0.29, 0.717) is 6.42 Å². The monoisotopic (exact) mass is 349 g/mol. The molecule has 1 heterocycles. The molecule has 0 spiro atoms. The summed E-state index contributed by atoms with van der Waals surface area (Å²) in [6.45, 7) is 0.755. The number of hydrogen-bond donors (Lipinski definition) is 2. The Morgan fingerprint density at radius 2 is 2.12 bits per heavy atom. The van der Waals surface area contributed by atoms with Crippen LogP contribution in [0.4, 0.5) is 0 Å². The average molecular weight is 349 g/mol. The summed E-state index contributed by atoms with van der Waals surface area (Å²) < 4.78 is 1.67. The van der Waals surface area contributed by atoms with Crippen molar-refractivity contribution in [2.45, 2.75) is 25.3 Å². The van der Waals surface area contributed by atoms with Crippen LogP contribution < -0.4 is 5.73 Å². The maximum Gasteiger partial charge on any atom is 0.475 e. The Labute approximate surface area is 146 Å². The highest BCUT2D eigenvalue weighted by molar-refractivity contribution is 5.94. The second-order valence-electron chi connectivity index (χ2n) is 6.32. The molecule has 8 nitrogen and oxygen atoms in total. The Morgan fingerprint density at radius 3 is 2.80 bits per heavy atom. The minimum absolute atomic E-state index is 0.0641. The fourth-order valence-corrected chi connectivity index (χ4v) is 2.67. The standard InChI is InChI=1S/C17H25N4O4/c1-19(2)10-9-13-11-20(16-6-4-3-5-15(13)16)17(22)8-7-14(18)12-25-21(23)24/h3-6,11,14H,7-10,12,18H2,1-2H3,(H,23,24)/q+1. The highest BCUT2D eigenvalue weighted by Crippen LogP contribution is 2.22. The minimum Gasteiger partial charge on any atom is -0.325 e. The third-order valence-corrected chi connectivity index (χ3v) is 4.02. The van der Waals surface area contributed by atoms with Crippen LogP contribution in [-0.2, 0) is 11.3 Å². The van der Waals surface area contributed by atoms with Crippen LogP contribution in [0.5, 0.6) is 0 Å². The van der Waals surface area contributed by atoms with E-state index in [0.717, 1.165) is 29.4 Å². The zero-order valence-electron chi connectivity index (χ0n) is 14.6. The number of hydrogen-bond acceptors (Lipinski definition) is 5. The summed E-state index contributed by atoms with van der Waals surface area (Å²) in [6.07, 6.45) is 3.33. The first-order chi connectivity index (χ1) is 11.9. The third-order valence-electron chi connectivity index (χ3n) is 4.02. The van der Waals surface area contributed by atoms with Gasteiger partial charge in [-0.15, -0.1) is 0 Å². The van der Waals surface area contributed by atoms with Crippen LogP contribution in [-0.4, -0.2) is 59.0 Å². The van der Waals surface area contributed by atoms with Crippen molar-refractivity contribution >= 4 is 16.8 Å². The molecule has 0 aliphatic heterocycles. The average Bonchev–Trinajstić information content (AvgIpc) is 2.95. The molecule has 0 saturated heterocycles. The van der Waals surface area contributed by atoms with E-state index in [1.807, 2.05) is 44.6 Å².